The molecule has 1 saturated carbocycles. The summed E-state index contributed by atoms with van der Waals surface area (Å²) in [6.07, 6.45) is 1.28. The number of hydrogen-bond donors (Lipinski definition) is 3. The molecule has 5 heteroatoms. The lowest BCUT2D eigenvalue weighted by Gasteiger charge is -2.19. The molecule has 0 unspecified atom stereocenters. The van der Waals surface area contributed by atoms with E-state index in [-0.39, 0.29) is 11.8 Å². The third-order valence-corrected chi connectivity index (χ3v) is 2.46. The lowest BCUT2D eigenvalue weighted by atomic mass is 10.0. The molecule has 0 heterocycles. The van der Waals surface area contributed by atoms with Crippen LogP contribution in [-0.2, 0) is 9.59 Å². The number of rotatable bonds is 4. The maximum Gasteiger partial charge on any atom is 0.326 e. The molecule has 1 fully saturated rings. The Morgan fingerprint density at radius 3 is 2.21 bits per heavy atom. The minimum absolute atomic E-state index is 0.140. The molecule has 0 aromatic heterocycles. The Morgan fingerprint density at radius 2 is 1.93 bits per heavy atom. The van der Waals surface area contributed by atoms with Gasteiger partial charge in [0.15, 0.2) is 0 Å². The molecular weight excluding hydrogens is 184 g/mol. The molecule has 1 rings (SSSR count). The Bertz CT molecular complexity index is 259. The summed E-state index contributed by atoms with van der Waals surface area (Å²) in [7, 11) is 0. The summed E-state index contributed by atoms with van der Waals surface area (Å²) < 4.78 is 0. The quantitative estimate of drug-likeness (QED) is 0.581. The first-order valence-electron chi connectivity index (χ1n) is 4.69. The van der Waals surface area contributed by atoms with E-state index >= 15 is 0 Å². The number of carbonyl (C=O) groups is 2. The normalized spacial score (nSPS) is 20.3. The third kappa shape index (κ3) is 2.23. The predicted octanol–water partition coefficient (Wildman–Crippen LogP) is -0.297. The second-order valence-electron chi connectivity index (χ2n) is 4.19. The molecule has 0 aromatic rings. The SMILES string of the molecule is CC(C)[C@H](NC(=O)C1(N)CC1)C(=O)O. The number of nitrogens with two attached hydrogens (primary N) is 1. The standard InChI is InChI=1S/C9H16N2O3/c1-5(2)6(7(12)13)11-8(14)9(10)3-4-9/h5-6H,3-4,10H2,1-2H3,(H,11,14)(H,12,13)/t6-/m0/s1. The Kier molecular flexibility index (Phi) is 2.80. The van der Waals surface area contributed by atoms with E-state index in [2.05, 4.69) is 5.32 Å². The van der Waals surface area contributed by atoms with Gasteiger partial charge >= 0.3 is 5.97 Å². The van der Waals surface area contributed by atoms with E-state index < -0.39 is 17.6 Å². The zero-order valence-electron chi connectivity index (χ0n) is 8.41. The molecule has 80 valence electrons. The summed E-state index contributed by atoms with van der Waals surface area (Å²) in [5, 5.41) is 11.3. The fourth-order valence-corrected chi connectivity index (χ4v) is 1.16. The van der Waals surface area contributed by atoms with Crippen molar-refractivity contribution in [2.75, 3.05) is 0 Å². The van der Waals surface area contributed by atoms with Crippen LogP contribution in [-0.4, -0.2) is 28.6 Å². The predicted molar refractivity (Wildman–Crippen MR) is 50.6 cm³/mol. The Labute approximate surface area is 82.7 Å². The van der Waals surface area contributed by atoms with E-state index in [0.717, 1.165) is 0 Å². The largest absolute Gasteiger partial charge is 0.480 e. The van der Waals surface area contributed by atoms with Gasteiger partial charge in [-0.1, -0.05) is 13.8 Å². The van der Waals surface area contributed by atoms with Crippen molar-refractivity contribution in [1.82, 2.24) is 5.32 Å². The molecule has 1 amide bonds. The van der Waals surface area contributed by atoms with Crippen LogP contribution in [0.3, 0.4) is 0 Å². The third-order valence-electron chi connectivity index (χ3n) is 2.46. The van der Waals surface area contributed by atoms with Gasteiger partial charge in [0.1, 0.15) is 6.04 Å². The van der Waals surface area contributed by atoms with Gasteiger partial charge in [-0.3, -0.25) is 4.79 Å². The summed E-state index contributed by atoms with van der Waals surface area (Å²) >= 11 is 0. The van der Waals surface area contributed by atoms with Crippen LogP contribution in [0.15, 0.2) is 0 Å². The Hall–Kier alpha value is -1.10. The second kappa shape index (κ2) is 3.57. The van der Waals surface area contributed by atoms with Crippen molar-refractivity contribution in [3.8, 4) is 0 Å². The second-order valence-corrected chi connectivity index (χ2v) is 4.19. The average molecular weight is 200 g/mol. The average Bonchev–Trinajstić information content (AvgIpc) is 2.79. The number of hydrogen-bond acceptors (Lipinski definition) is 3. The molecule has 0 spiro atoms. The van der Waals surface area contributed by atoms with Gasteiger partial charge in [0, 0.05) is 0 Å². The summed E-state index contributed by atoms with van der Waals surface area (Å²) in [4.78, 5) is 22.2. The number of carboxylic acid groups (broad SMARTS) is 1. The first-order chi connectivity index (χ1) is 6.37. The van der Waals surface area contributed by atoms with Gasteiger partial charge in [0.25, 0.3) is 0 Å². The highest BCUT2D eigenvalue weighted by Crippen LogP contribution is 2.32. The van der Waals surface area contributed by atoms with Gasteiger partial charge in [0.05, 0.1) is 5.54 Å². The number of amides is 1. The number of carbonyl (C=O) groups excluding carboxylic acids is 1. The highest BCUT2D eigenvalue weighted by atomic mass is 16.4. The minimum Gasteiger partial charge on any atom is -0.480 e. The molecule has 0 radical (unpaired) electrons. The van der Waals surface area contributed by atoms with E-state index in [9.17, 15) is 9.59 Å². The molecule has 0 aromatic carbocycles. The van der Waals surface area contributed by atoms with Crippen LogP contribution in [0.4, 0.5) is 0 Å². The fourth-order valence-electron chi connectivity index (χ4n) is 1.16. The summed E-state index contributed by atoms with van der Waals surface area (Å²) in [5.41, 5.74) is 4.83. The van der Waals surface area contributed by atoms with Gasteiger partial charge < -0.3 is 16.2 Å². The zero-order valence-corrected chi connectivity index (χ0v) is 8.41. The smallest absolute Gasteiger partial charge is 0.326 e. The minimum atomic E-state index is -1.02. The Balaban J connectivity index is 2.56. The topological polar surface area (TPSA) is 92.4 Å². The number of carboxylic acids is 1. The van der Waals surface area contributed by atoms with Crippen LogP contribution < -0.4 is 11.1 Å². The monoisotopic (exact) mass is 200 g/mol. The molecule has 5 nitrogen and oxygen atoms in total. The van der Waals surface area contributed by atoms with Crippen LogP contribution >= 0.6 is 0 Å². The Morgan fingerprint density at radius 1 is 1.43 bits per heavy atom. The van der Waals surface area contributed by atoms with Crippen molar-refractivity contribution >= 4 is 11.9 Å². The van der Waals surface area contributed by atoms with Crippen molar-refractivity contribution in [2.24, 2.45) is 11.7 Å². The van der Waals surface area contributed by atoms with Crippen LogP contribution in [0.25, 0.3) is 0 Å². The van der Waals surface area contributed by atoms with E-state index in [1.165, 1.54) is 0 Å². The van der Waals surface area contributed by atoms with Crippen molar-refractivity contribution in [1.29, 1.82) is 0 Å². The lowest BCUT2D eigenvalue weighted by molar-refractivity contribution is -0.143. The molecular formula is C9H16N2O3. The van der Waals surface area contributed by atoms with Crippen LogP contribution in [0.5, 0.6) is 0 Å². The van der Waals surface area contributed by atoms with Crippen LogP contribution in [0.2, 0.25) is 0 Å². The van der Waals surface area contributed by atoms with Crippen molar-refractivity contribution in [3.05, 3.63) is 0 Å². The van der Waals surface area contributed by atoms with E-state index in [0.29, 0.717) is 12.8 Å². The molecule has 1 aliphatic carbocycles. The van der Waals surface area contributed by atoms with Crippen LogP contribution in [0, 0.1) is 5.92 Å². The van der Waals surface area contributed by atoms with Gasteiger partial charge in [-0.25, -0.2) is 4.79 Å². The van der Waals surface area contributed by atoms with Crippen molar-refractivity contribution < 1.29 is 14.7 Å². The molecule has 4 N–H and O–H groups in total. The number of aliphatic carboxylic acids is 1. The van der Waals surface area contributed by atoms with Crippen molar-refractivity contribution in [3.63, 3.8) is 0 Å². The highest BCUT2D eigenvalue weighted by molar-refractivity contribution is 5.92. The van der Waals surface area contributed by atoms with Gasteiger partial charge in [-0.05, 0) is 18.8 Å². The summed E-state index contributed by atoms with van der Waals surface area (Å²) in [5.74, 6) is -1.50. The highest BCUT2D eigenvalue weighted by Gasteiger charge is 2.47. The van der Waals surface area contributed by atoms with E-state index in [4.69, 9.17) is 10.8 Å². The first kappa shape index (κ1) is 11.0. The zero-order chi connectivity index (χ0) is 10.9. The molecule has 0 saturated heterocycles. The summed E-state index contributed by atoms with van der Waals surface area (Å²) in [6, 6.07) is -0.844. The first-order valence-corrected chi connectivity index (χ1v) is 4.69. The lowest BCUT2D eigenvalue weighted by Crippen LogP contribution is -2.51. The summed E-state index contributed by atoms with van der Waals surface area (Å²) in [6.45, 7) is 3.49. The maximum absolute atomic E-state index is 11.4. The van der Waals surface area contributed by atoms with Gasteiger partial charge in [-0.2, -0.15) is 0 Å². The molecule has 0 aliphatic heterocycles. The number of nitrogens with one attached hydrogen (secondary N) is 1. The molecule has 1 aliphatic rings. The van der Waals surface area contributed by atoms with Gasteiger partial charge in [0.2, 0.25) is 5.91 Å². The molecule has 14 heavy (non-hydrogen) atoms. The van der Waals surface area contributed by atoms with Crippen LogP contribution in [0.1, 0.15) is 26.7 Å². The van der Waals surface area contributed by atoms with E-state index in [1.54, 1.807) is 13.8 Å². The van der Waals surface area contributed by atoms with Gasteiger partial charge in [-0.15, -0.1) is 0 Å². The molecule has 1 atom stereocenters. The maximum atomic E-state index is 11.4. The molecule has 0 bridgehead atoms. The van der Waals surface area contributed by atoms with E-state index in [1.807, 2.05) is 0 Å². The van der Waals surface area contributed by atoms with Crippen molar-refractivity contribution in [2.45, 2.75) is 38.3 Å². The fraction of sp³-hybridized carbons (Fsp3) is 0.778.